The maximum absolute atomic E-state index is 12.7. The fraction of sp³-hybridized carbons (Fsp3) is 0.750. The molecule has 110 valence electrons. The number of aryl methyl sites for hydroxylation is 1. The van der Waals surface area contributed by atoms with Gasteiger partial charge < -0.3 is 0 Å². The Labute approximate surface area is 124 Å². The van der Waals surface area contributed by atoms with Crippen molar-refractivity contribution in [1.82, 2.24) is 9.29 Å². The molecule has 0 unspecified atom stereocenters. The highest BCUT2D eigenvalue weighted by molar-refractivity contribution is 7.91. The number of thiazole rings is 1. The van der Waals surface area contributed by atoms with Gasteiger partial charge in [0.05, 0.1) is 5.69 Å². The van der Waals surface area contributed by atoms with Gasteiger partial charge in [0.1, 0.15) is 0 Å². The summed E-state index contributed by atoms with van der Waals surface area (Å²) in [6, 6.07) is 0. The minimum atomic E-state index is -3.50. The summed E-state index contributed by atoms with van der Waals surface area (Å²) in [4.78, 5) is 4.00. The van der Waals surface area contributed by atoms with Gasteiger partial charge in [0.15, 0.2) is 8.68 Å². The molecule has 0 spiro atoms. The van der Waals surface area contributed by atoms with Crippen molar-refractivity contribution in [3.05, 3.63) is 10.2 Å². The van der Waals surface area contributed by atoms with Crippen LogP contribution in [0.2, 0.25) is 4.47 Å². The van der Waals surface area contributed by atoms with E-state index >= 15 is 0 Å². The van der Waals surface area contributed by atoms with E-state index in [1.165, 1.54) is 0 Å². The Morgan fingerprint density at radius 3 is 2.00 bits per heavy atom. The second kappa shape index (κ2) is 6.52. The molecule has 7 heteroatoms. The van der Waals surface area contributed by atoms with Crippen molar-refractivity contribution in [2.75, 3.05) is 13.1 Å². The standard InChI is InChI=1S/C12H21ClN2O2S2/c1-8(2)6-15(7-9(3)4)19(16,17)11-10(5)14-12(13)18-11/h8-9H,6-7H2,1-5H3. The lowest BCUT2D eigenvalue weighted by molar-refractivity contribution is 0.334. The summed E-state index contributed by atoms with van der Waals surface area (Å²) in [5.74, 6) is 0.550. The maximum atomic E-state index is 12.7. The molecule has 0 aliphatic heterocycles. The van der Waals surface area contributed by atoms with Gasteiger partial charge in [-0.15, -0.1) is 0 Å². The molecule has 1 aromatic rings. The zero-order valence-corrected chi connectivity index (χ0v) is 14.4. The molecule has 0 saturated heterocycles. The highest BCUT2D eigenvalue weighted by Crippen LogP contribution is 2.30. The van der Waals surface area contributed by atoms with Crippen LogP contribution in [0.3, 0.4) is 0 Å². The fourth-order valence-electron chi connectivity index (χ4n) is 1.79. The molecule has 0 aromatic carbocycles. The van der Waals surface area contributed by atoms with E-state index in [1.54, 1.807) is 11.2 Å². The zero-order valence-electron chi connectivity index (χ0n) is 12.0. The topological polar surface area (TPSA) is 50.3 Å². The molecule has 1 heterocycles. The first-order valence-electron chi connectivity index (χ1n) is 6.27. The summed E-state index contributed by atoms with van der Waals surface area (Å²) >= 11 is 6.84. The Kier molecular flexibility index (Phi) is 5.79. The molecular weight excluding hydrogens is 304 g/mol. The van der Waals surface area contributed by atoms with Crippen LogP contribution in [-0.2, 0) is 10.0 Å². The SMILES string of the molecule is Cc1nc(Cl)sc1S(=O)(=O)N(CC(C)C)CC(C)C. The van der Waals surface area contributed by atoms with Gasteiger partial charge in [-0.2, -0.15) is 4.31 Å². The third-order valence-electron chi connectivity index (χ3n) is 2.44. The summed E-state index contributed by atoms with van der Waals surface area (Å²) in [6.07, 6.45) is 0. The Bertz CT molecular complexity index is 514. The molecule has 1 rings (SSSR count). The average molecular weight is 325 g/mol. The van der Waals surface area contributed by atoms with E-state index in [2.05, 4.69) is 4.98 Å². The number of hydrogen-bond acceptors (Lipinski definition) is 4. The number of sulfonamides is 1. The normalized spacial score (nSPS) is 12.9. The van der Waals surface area contributed by atoms with Gasteiger partial charge >= 0.3 is 0 Å². The first-order valence-corrected chi connectivity index (χ1v) is 8.91. The average Bonchev–Trinajstić information content (AvgIpc) is 2.56. The third kappa shape index (κ3) is 4.41. The summed E-state index contributed by atoms with van der Waals surface area (Å²) in [6.45, 7) is 10.7. The van der Waals surface area contributed by atoms with E-state index in [4.69, 9.17) is 11.6 Å². The quantitative estimate of drug-likeness (QED) is 0.805. The maximum Gasteiger partial charge on any atom is 0.254 e. The monoisotopic (exact) mass is 324 g/mol. The highest BCUT2D eigenvalue weighted by atomic mass is 35.5. The third-order valence-corrected chi connectivity index (χ3v) is 6.12. The predicted molar refractivity (Wildman–Crippen MR) is 80.3 cm³/mol. The van der Waals surface area contributed by atoms with Crippen molar-refractivity contribution in [3.8, 4) is 0 Å². The van der Waals surface area contributed by atoms with E-state index in [0.29, 0.717) is 18.8 Å². The van der Waals surface area contributed by atoms with Crippen LogP contribution in [0.4, 0.5) is 0 Å². The van der Waals surface area contributed by atoms with Crippen molar-refractivity contribution in [2.24, 2.45) is 11.8 Å². The molecule has 0 atom stereocenters. The van der Waals surface area contributed by atoms with E-state index in [9.17, 15) is 8.42 Å². The fourth-order valence-corrected chi connectivity index (χ4v) is 5.43. The summed E-state index contributed by atoms with van der Waals surface area (Å²) in [5.41, 5.74) is 0.479. The van der Waals surface area contributed by atoms with Crippen LogP contribution in [-0.4, -0.2) is 30.8 Å². The first-order chi connectivity index (χ1) is 8.64. The number of hydrogen-bond donors (Lipinski definition) is 0. The molecule has 0 aliphatic carbocycles. The predicted octanol–water partition coefficient (Wildman–Crippen LogP) is 3.41. The number of aromatic nitrogens is 1. The van der Waals surface area contributed by atoms with Gasteiger partial charge in [-0.1, -0.05) is 50.6 Å². The lowest BCUT2D eigenvalue weighted by Crippen LogP contribution is -2.36. The molecule has 0 aliphatic rings. The van der Waals surface area contributed by atoms with Crippen LogP contribution in [0.15, 0.2) is 4.21 Å². The zero-order chi connectivity index (χ0) is 14.8. The van der Waals surface area contributed by atoms with Gasteiger partial charge in [-0.25, -0.2) is 13.4 Å². The second-order valence-electron chi connectivity index (χ2n) is 5.45. The number of nitrogens with zero attached hydrogens (tertiary/aromatic N) is 2. The molecule has 0 bridgehead atoms. The van der Waals surface area contributed by atoms with E-state index in [0.717, 1.165) is 11.3 Å². The van der Waals surface area contributed by atoms with Crippen LogP contribution in [0.5, 0.6) is 0 Å². The van der Waals surface area contributed by atoms with Crippen molar-refractivity contribution >= 4 is 33.0 Å². The minimum Gasteiger partial charge on any atom is -0.229 e. The molecule has 1 aromatic heterocycles. The Morgan fingerprint density at radius 2 is 1.68 bits per heavy atom. The lowest BCUT2D eigenvalue weighted by atomic mass is 10.2. The summed E-state index contributed by atoms with van der Waals surface area (Å²) in [5, 5.41) is 0. The van der Waals surface area contributed by atoms with Crippen molar-refractivity contribution in [3.63, 3.8) is 0 Å². The van der Waals surface area contributed by atoms with Crippen LogP contribution < -0.4 is 0 Å². The molecule has 19 heavy (non-hydrogen) atoms. The molecule has 4 nitrogen and oxygen atoms in total. The number of rotatable bonds is 6. The smallest absolute Gasteiger partial charge is 0.229 e. The lowest BCUT2D eigenvalue weighted by Gasteiger charge is -2.25. The van der Waals surface area contributed by atoms with Gasteiger partial charge in [0.25, 0.3) is 10.0 Å². The summed E-state index contributed by atoms with van der Waals surface area (Å²) in [7, 11) is -3.50. The van der Waals surface area contributed by atoms with Crippen LogP contribution in [0, 0.1) is 18.8 Å². The van der Waals surface area contributed by atoms with Gasteiger partial charge in [0.2, 0.25) is 0 Å². The summed E-state index contributed by atoms with van der Waals surface area (Å²) < 4.78 is 27.4. The largest absolute Gasteiger partial charge is 0.254 e. The molecule has 0 amide bonds. The van der Waals surface area contributed by atoms with Gasteiger partial charge in [-0.05, 0) is 18.8 Å². The van der Waals surface area contributed by atoms with Crippen LogP contribution >= 0.6 is 22.9 Å². The first kappa shape index (κ1) is 16.9. The van der Waals surface area contributed by atoms with Crippen molar-refractivity contribution in [2.45, 2.75) is 38.8 Å². The van der Waals surface area contributed by atoms with E-state index in [1.807, 2.05) is 27.7 Å². The molecule has 0 fully saturated rings. The Morgan fingerprint density at radius 1 is 1.21 bits per heavy atom. The van der Waals surface area contributed by atoms with E-state index in [-0.39, 0.29) is 20.5 Å². The Hall–Kier alpha value is -0.170. The highest BCUT2D eigenvalue weighted by Gasteiger charge is 2.29. The molecule has 0 radical (unpaired) electrons. The number of halogens is 1. The van der Waals surface area contributed by atoms with Crippen LogP contribution in [0.1, 0.15) is 33.4 Å². The second-order valence-corrected chi connectivity index (χ2v) is 9.16. The molecule has 0 saturated carbocycles. The van der Waals surface area contributed by atoms with Crippen molar-refractivity contribution in [1.29, 1.82) is 0 Å². The Balaban J connectivity index is 3.15. The van der Waals surface area contributed by atoms with Crippen LogP contribution in [0.25, 0.3) is 0 Å². The minimum absolute atomic E-state index is 0.263. The van der Waals surface area contributed by atoms with E-state index < -0.39 is 10.0 Å². The molecule has 0 N–H and O–H groups in total. The van der Waals surface area contributed by atoms with Gasteiger partial charge in [-0.3, -0.25) is 0 Å². The van der Waals surface area contributed by atoms with Crippen molar-refractivity contribution < 1.29 is 8.42 Å². The van der Waals surface area contributed by atoms with Gasteiger partial charge in [0, 0.05) is 13.1 Å². The molecular formula is C12H21ClN2O2S2.